The molecule has 160 valence electrons. The molecular weight excluding hydrogens is 382 g/mol. The number of aromatic hydroxyl groups is 1. The SMILES string of the molecule is CO[C@@]12C=C[C@@]3(C[C@@H]1C(C)(C)O)[C@H]1Cc4ccc(O)c5c4[C@@]3(CCN1C(=N)N)[C@H]2O5. The number of piperidine rings is 1. The Morgan fingerprint density at radius 3 is 2.80 bits per heavy atom. The number of fused-ring (bicyclic) bond motifs is 1. The van der Waals surface area contributed by atoms with Gasteiger partial charge in [-0.2, -0.15) is 0 Å². The minimum atomic E-state index is -0.995. The Morgan fingerprint density at radius 2 is 2.13 bits per heavy atom. The van der Waals surface area contributed by atoms with E-state index in [0.717, 1.165) is 24.0 Å². The van der Waals surface area contributed by atoms with E-state index < -0.39 is 11.2 Å². The number of nitrogens with zero attached hydrogens (tertiary/aromatic N) is 1. The average molecular weight is 412 g/mol. The molecule has 0 unspecified atom stereocenters. The van der Waals surface area contributed by atoms with Crippen LogP contribution in [0.5, 0.6) is 11.5 Å². The molecule has 0 aromatic heterocycles. The van der Waals surface area contributed by atoms with E-state index in [-0.39, 0.29) is 40.6 Å². The third kappa shape index (κ3) is 1.69. The number of phenolic OH excluding ortho intramolecular Hbond substituents is 1. The summed E-state index contributed by atoms with van der Waals surface area (Å²) < 4.78 is 12.8. The average Bonchev–Trinajstić information content (AvgIpc) is 3.05. The number of hydrogen-bond donors (Lipinski definition) is 4. The lowest BCUT2D eigenvalue weighted by atomic mass is 9.36. The van der Waals surface area contributed by atoms with Gasteiger partial charge in [0.2, 0.25) is 0 Å². The van der Waals surface area contributed by atoms with E-state index >= 15 is 0 Å². The van der Waals surface area contributed by atoms with Gasteiger partial charge in [-0.15, -0.1) is 0 Å². The van der Waals surface area contributed by atoms with Crippen molar-refractivity contribution in [1.82, 2.24) is 4.90 Å². The lowest BCUT2D eigenvalue weighted by Gasteiger charge is -2.72. The zero-order valence-electron chi connectivity index (χ0n) is 17.6. The number of aliphatic hydroxyl groups is 1. The number of phenols is 1. The monoisotopic (exact) mass is 411 g/mol. The number of methoxy groups -OCH3 is 1. The maximum Gasteiger partial charge on any atom is 0.188 e. The van der Waals surface area contributed by atoms with Gasteiger partial charge in [-0.25, -0.2) is 0 Å². The van der Waals surface area contributed by atoms with Crippen LogP contribution in [0.1, 0.15) is 37.8 Å². The number of rotatable bonds is 2. The molecule has 1 aromatic carbocycles. The quantitative estimate of drug-likeness (QED) is 0.334. The van der Waals surface area contributed by atoms with E-state index in [1.54, 1.807) is 13.2 Å². The smallest absolute Gasteiger partial charge is 0.188 e. The summed E-state index contributed by atoms with van der Waals surface area (Å²) in [5.41, 5.74) is 5.77. The second-order valence-electron chi connectivity index (χ2n) is 10.3. The van der Waals surface area contributed by atoms with Crippen molar-refractivity contribution in [3.05, 3.63) is 35.4 Å². The van der Waals surface area contributed by atoms with Crippen LogP contribution < -0.4 is 10.5 Å². The number of benzene rings is 1. The molecule has 6 atom stereocenters. The summed E-state index contributed by atoms with van der Waals surface area (Å²) in [7, 11) is 1.69. The molecule has 1 aromatic rings. The van der Waals surface area contributed by atoms with Crippen molar-refractivity contribution in [1.29, 1.82) is 5.41 Å². The largest absolute Gasteiger partial charge is 0.504 e. The van der Waals surface area contributed by atoms with Crippen LogP contribution in [-0.4, -0.2) is 58.1 Å². The summed E-state index contributed by atoms with van der Waals surface area (Å²) in [5.74, 6) is 0.610. The number of guanidine groups is 1. The Morgan fingerprint density at radius 1 is 1.37 bits per heavy atom. The van der Waals surface area contributed by atoms with E-state index in [9.17, 15) is 10.2 Å². The highest BCUT2D eigenvalue weighted by atomic mass is 16.6. The Hall–Kier alpha value is -2.25. The van der Waals surface area contributed by atoms with Gasteiger partial charge >= 0.3 is 0 Å². The van der Waals surface area contributed by atoms with E-state index in [1.165, 1.54) is 0 Å². The minimum absolute atomic E-state index is 0.00546. The van der Waals surface area contributed by atoms with Crippen molar-refractivity contribution in [3.8, 4) is 11.5 Å². The van der Waals surface area contributed by atoms with Crippen LogP contribution in [0, 0.1) is 16.7 Å². The van der Waals surface area contributed by atoms with Gasteiger partial charge in [0.25, 0.3) is 0 Å². The van der Waals surface area contributed by atoms with Crippen LogP contribution in [0.2, 0.25) is 0 Å². The van der Waals surface area contributed by atoms with Gasteiger partial charge in [0.1, 0.15) is 11.7 Å². The topological polar surface area (TPSA) is 112 Å². The fourth-order valence-electron chi connectivity index (χ4n) is 7.93. The van der Waals surface area contributed by atoms with Crippen LogP contribution in [0.15, 0.2) is 24.3 Å². The molecule has 6 aliphatic rings. The molecule has 7 rings (SSSR count). The van der Waals surface area contributed by atoms with Crippen molar-refractivity contribution < 1.29 is 19.7 Å². The Bertz CT molecular complexity index is 1020. The van der Waals surface area contributed by atoms with Gasteiger partial charge in [-0.3, -0.25) is 5.41 Å². The second kappa shape index (κ2) is 5.14. The molecule has 4 aliphatic carbocycles. The van der Waals surface area contributed by atoms with Crippen molar-refractivity contribution >= 4 is 5.96 Å². The number of nitrogens with two attached hydrogens (primary N) is 1. The van der Waals surface area contributed by atoms with Crippen LogP contribution >= 0.6 is 0 Å². The van der Waals surface area contributed by atoms with E-state index in [4.69, 9.17) is 20.6 Å². The summed E-state index contributed by atoms with van der Waals surface area (Å²) >= 11 is 0. The minimum Gasteiger partial charge on any atom is -0.504 e. The molecule has 0 radical (unpaired) electrons. The zero-order chi connectivity index (χ0) is 21.3. The predicted octanol–water partition coefficient (Wildman–Crippen LogP) is 1.65. The first-order valence-corrected chi connectivity index (χ1v) is 10.7. The van der Waals surface area contributed by atoms with Gasteiger partial charge in [0.15, 0.2) is 17.5 Å². The van der Waals surface area contributed by atoms with Gasteiger partial charge in [0.05, 0.1) is 11.0 Å². The molecule has 1 saturated carbocycles. The highest BCUT2D eigenvalue weighted by Crippen LogP contribution is 2.75. The standard InChI is InChI=1S/C23H29N3O4/c1-20(2,28)14-11-21-6-7-23(14,29-3)18-22(21)8-9-26(19(24)25)15(21)10-12-4-5-13(27)17(30-18)16(12)22/h4-7,14-15,18,27-28H,8-11H2,1-3H3,(H3,24,25)/t14-,15-,18-,21-,22+,23+/m1/s1. The molecule has 2 spiro atoms. The molecular formula is C23H29N3O4. The molecule has 2 fully saturated rings. The number of ether oxygens (including phenoxy) is 2. The first-order valence-electron chi connectivity index (χ1n) is 10.7. The zero-order valence-corrected chi connectivity index (χ0v) is 17.6. The Kier molecular flexibility index (Phi) is 3.17. The molecule has 5 N–H and O–H groups in total. The van der Waals surface area contributed by atoms with Gasteiger partial charge in [-0.1, -0.05) is 18.2 Å². The molecule has 7 nitrogen and oxygen atoms in total. The maximum atomic E-state index is 11.2. The summed E-state index contributed by atoms with van der Waals surface area (Å²) in [5, 5.41) is 30.2. The third-order valence-electron chi connectivity index (χ3n) is 8.97. The van der Waals surface area contributed by atoms with Gasteiger partial charge in [-0.05, 0) is 44.7 Å². The molecule has 1 saturated heterocycles. The van der Waals surface area contributed by atoms with Crippen molar-refractivity contribution in [3.63, 3.8) is 0 Å². The molecule has 0 amide bonds. The fraction of sp³-hybridized carbons (Fsp3) is 0.609. The highest BCUT2D eigenvalue weighted by molar-refractivity contribution is 5.77. The fourth-order valence-corrected chi connectivity index (χ4v) is 7.93. The van der Waals surface area contributed by atoms with Gasteiger partial charge in [0, 0.05) is 36.6 Å². The van der Waals surface area contributed by atoms with Gasteiger partial charge < -0.3 is 30.3 Å². The molecule has 7 heteroatoms. The first kappa shape index (κ1) is 18.5. The van der Waals surface area contributed by atoms with Crippen molar-refractivity contribution in [2.24, 2.45) is 17.1 Å². The van der Waals surface area contributed by atoms with Crippen molar-refractivity contribution in [2.45, 2.75) is 61.9 Å². The van der Waals surface area contributed by atoms with Crippen LogP contribution in [0.4, 0.5) is 0 Å². The van der Waals surface area contributed by atoms with Crippen LogP contribution in [0.25, 0.3) is 0 Å². The molecule has 4 bridgehead atoms. The second-order valence-corrected chi connectivity index (χ2v) is 10.3. The summed E-state index contributed by atoms with van der Waals surface area (Å²) in [6.07, 6.45) is 6.19. The highest BCUT2D eigenvalue weighted by Gasteiger charge is 2.80. The summed E-state index contributed by atoms with van der Waals surface area (Å²) in [6, 6.07) is 3.69. The lowest BCUT2D eigenvalue weighted by molar-refractivity contribution is -0.241. The van der Waals surface area contributed by atoms with Crippen molar-refractivity contribution in [2.75, 3.05) is 13.7 Å². The Balaban J connectivity index is 1.70. The number of nitrogens with one attached hydrogen (secondary N) is 1. The first-order chi connectivity index (χ1) is 14.1. The van der Waals surface area contributed by atoms with E-state index in [1.807, 2.05) is 24.8 Å². The number of likely N-dealkylation sites (tertiary alicyclic amines) is 1. The molecule has 2 aliphatic heterocycles. The van der Waals surface area contributed by atoms with E-state index in [2.05, 4.69) is 12.2 Å². The predicted molar refractivity (Wildman–Crippen MR) is 111 cm³/mol. The van der Waals surface area contributed by atoms with E-state index in [0.29, 0.717) is 18.7 Å². The van der Waals surface area contributed by atoms with Crippen LogP contribution in [-0.2, 0) is 16.6 Å². The summed E-state index contributed by atoms with van der Waals surface area (Å²) in [6.45, 7) is 4.34. The molecule has 30 heavy (non-hydrogen) atoms. The normalized spacial score (nSPS) is 42.1. The van der Waals surface area contributed by atoms with Crippen LogP contribution in [0.3, 0.4) is 0 Å². The lowest BCUT2D eigenvalue weighted by Crippen LogP contribution is -2.81. The Labute approximate surface area is 176 Å². The number of hydrogen-bond acceptors (Lipinski definition) is 5. The summed E-state index contributed by atoms with van der Waals surface area (Å²) in [4.78, 5) is 2.02. The third-order valence-corrected chi connectivity index (χ3v) is 8.97. The molecule has 2 heterocycles. The maximum absolute atomic E-state index is 11.2.